The Kier molecular flexibility index (Phi) is 1.94. The van der Waals surface area contributed by atoms with Gasteiger partial charge in [0.15, 0.2) is 0 Å². The standard InChI is InChI=1S/C9H16/c1-7(2)9-5-4-8(3)6-9/h4,7,9H,5-6H2,1-3H3. The molecule has 0 spiro atoms. The summed E-state index contributed by atoms with van der Waals surface area (Å²) in [6, 6.07) is 0. The van der Waals surface area contributed by atoms with E-state index in [0.29, 0.717) is 0 Å². The maximum absolute atomic E-state index is 2.38. The van der Waals surface area contributed by atoms with Crippen molar-refractivity contribution in [2.75, 3.05) is 0 Å². The summed E-state index contributed by atoms with van der Waals surface area (Å²) >= 11 is 0. The highest BCUT2D eigenvalue weighted by Crippen LogP contribution is 2.29. The zero-order valence-corrected chi connectivity index (χ0v) is 6.65. The van der Waals surface area contributed by atoms with Crippen molar-refractivity contribution >= 4 is 0 Å². The van der Waals surface area contributed by atoms with E-state index in [2.05, 4.69) is 26.8 Å². The van der Waals surface area contributed by atoms with Gasteiger partial charge in [0, 0.05) is 0 Å². The van der Waals surface area contributed by atoms with E-state index in [1.54, 1.807) is 5.57 Å². The summed E-state index contributed by atoms with van der Waals surface area (Å²) in [7, 11) is 0. The van der Waals surface area contributed by atoms with Crippen molar-refractivity contribution in [3.8, 4) is 0 Å². The minimum Gasteiger partial charge on any atom is -0.0853 e. The smallest absolute Gasteiger partial charge is 0.0289 e. The lowest BCUT2D eigenvalue weighted by Gasteiger charge is -2.12. The van der Waals surface area contributed by atoms with E-state index in [1.807, 2.05) is 0 Å². The molecule has 1 aliphatic carbocycles. The van der Waals surface area contributed by atoms with Crippen molar-refractivity contribution in [3.05, 3.63) is 11.6 Å². The van der Waals surface area contributed by atoms with Crippen LogP contribution in [0.1, 0.15) is 33.6 Å². The van der Waals surface area contributed by atoms with Gasteiger partial charge in [-0.2, -0.15) is 0 Å². The SMILES string of the molecule is CC1=CCC(C(C)C)C1. The van der Waals surface area contributed by atoms with Crippen LogP contribution in [0.2, 0.25) is 0 Å². The average molecular weight is 124 g/mol. The Bertz CT molecular complexity index is 120. The molecule has 0 bridgehead atoms. The molecule has 0 aromatic carbocycles. The molecule has 0 aromatic rings. The maximum Gasteiger partial charge on any atom is -0.0289 e. The fourth-order valence-electron chi connectivity index (χ4n) is 1.44. The third-order valence-electron chi connectivity index (χ3n) is 2.30. The second-order valence-electron chi connectivity index (χ2n) is 3.49. The largest absolute Gasteiger partial charge is 0.0853 e. The fraction of sp³-hybridized carbons (Fsp3) is 0.778. The first-order chi connectivity index (χ1) is 4.20. The summed E-state index contributed by atoms with van der Waals surface area (Å²) in [4.78, 5) is 0. The number of hydrogen-bond donors (Lipinski definition) is 0. The van der Waals surface area contributed by atoms with Crippen LogP contribution in [0.5, 0.6) is 0 Å². The first-order valence-corrected chi connectivity index (χ1v) is 3.86. The van der Waals surface area contributed by atoms with Crippen LogP contribution in [0.3, 0.4) is 0 Å². The molecule has 0 heteroatoms. The average Bonchev–Trinajstić information content (AvgIpc) is 2.14. The predicted molar refractivity (Wildman–Crippen MR) is 41.3 cm³/mol. The van der Waals surface area contributed by atoms with Gasteiger partial charge < -0.3 is 0 Å². The van der Waals surface area contributed by atoms with Crippen LogP contribution in [-0.4, -0.2) is 0 Å². The number of rotatable bonds is 1. The van der Waals surface area contributed by atoms with Gasteiger partial charge in [0.2, 0.25) is 0 Å². The summed E-state index contributed by atoms with van der Waals surface area (Å²) < 4.78 is 0. The Morgan fingerprint density at radius 3 is 2.44 bits per heavy atom. The quantitative estimate of drug-likeness (QED) is 0.471. The van der Waals surface area contributed by atoms with E-state index in [4.69, 9.17) is 0 Å². The zero-order chi connectivity index (χ0) is 6.85. The lowest BCUT2D eigenvalue weighted by Crippen LogP contribution is -2.03. The Hall–Kier alpha value is -0.260. The summed E-state index contributed by atoms with van der Waals surface area (Å²) in [5.41, 5.74) is 1.59. The lowest BCUT2D eigenvalue weighted by atomic mass is 9.93. The van der Waals surface area contributed by atoms with Gasteiger partial charge in [0.1, 0.15) is 0 Å². The van der Waals surface area contributed by atoms with Crippen LogP contribution in [0.25, 0.3) is 0 Å². The molecular weight excluding hydrogens is 108 g/mol. The van der Waals surface area contributed by atoms with Gasteiger partial charge in [0.05, 0.1) is 0 Å². The van der Waals surface area contributed by atoms with Crippen LogP contribution in [0, 0.1) is 11.8 Å². The molecule has 1 atom stereocenters. The highest BCUT2D eigenvalue weighted by atomic mass is 14.2. The van der Waals surface area contributed by atoms with Gasteiger partial charge in [0.25, 0.3) is 0 Å². The van der Waals surface area contributed by atoms with Crippen molar-refractivity contribution in [1.29, 1.82) is 0 Å². The zero-order valence-electron chi connectivity index (χ0n) is 6.65. The summed E-state index contributed by atoms with van der Waals surface area (Å²) in [6.45, 7) is 6.87. The highest BCUT2D eigenvalue weighted by Gasteiger charge is 2.16. The Labute approximate surface area is 58.0 Å². The molecule has 0 N–H and O–H groups in total. The summed E-state index contributed by atoms with van der Waals surface area (Å²) in [5.74, 6) is 1.82. The third-order valence-corrected chi connectivity index (χ3v) is 2.30. The molecule has 52 valence electrons. The molecule has 0 nitrogen and oxygen atoms in total. The topological polar surface area (TPSA) is 0 Å². The van der Waals surface area contributed by atoms with Crippen LogP contribution < -0.4 is 0 Å². The molecule has 0 saturated carbocycles. The summed E-state index contributed by atoms with van der Waals surface area (Å²) in [6.07, 6.45) is 5.05. The van der Waals surface area contributed by atoms with Crippen molar-refractivity contribution < 1.29 is 0 Å². The van der Waals surface area contributed by atoms with Gasteiger partial charge in [-0.05, 0) is 31.6 Å². The van der Waals surface area contributed by atoms with Gasteiger partial charge in [-0.1, -0.05) is 25.5 Å². The van der Waals surface area contributed by atoms with Crippen LogP contribution >= 0.6 is 0 Å². The normalized spacial score (nSPS) is 27.1. The van der Waals surface area contributed by atoms with Gasteiger partial charge in [-0.3, -0.25) is 0 Å². The van der Waals surface area contributed by atoms with E-state index < -0.39 is 0 Å². The Morgan fingerprint density at radius 2 is 2.22 bits per heavy atom. The van der Waals surface area contributed by atoms with Gasteiger partial charge >= 0.3 is 0 Å². The summed E-state index contributed by atoms with van der Waals surface area (Å²) in [5, 5.41) is 0. The molecule has 0 saturated heterocycles. The molecule has 1 unspecified atom stereocenters. The molecule has 0 heterocycles. The second-order valence-corrected chi connectivity index (χ2v) is 3.49. The Morgan fingerprint density at radius 1 is 1.56 bits per heavy atom. The third kappa shape index (κ3) is 1.57. The first kappa shape index (κ1) is 6.85. The van der Waals surface area contributed by atoms with E-state index in [9.17, 15) is 0 Å². The predicted octanol–water partition coefficient (Wildman–Crippen LogP) is 3.00. The van der Waals surface area contributed by atoms with Crippen molar-refractivity contribution in [3.63, 3.8) is 0 Å². The van der Waals surface area contributed by atoms with Gasteiger partial charge in [-0.25, -0.2) is 0 Å². The molecule has 9 heavy (non-hydrogen) atoms. The molecule has 1 aliphatic rings. The molecule has 1 rings (SSSR count). The van der Waals surface area contributed by atoms with Crippen LogP contribution in [0.15, 0.2) is 11.6 Å². The Balaban J connectivity index is 2.37. The van der Waals surface area contributed by atoms with Crippen molar-refractivity contribution in [1.82, 2.24) is 0 Å². The van der Waals surface area contributed by atoms with Crippen molar-refractivity contribution in [2.45, 2.75) is 33.6 Å². The number of hydrogen-bond acceptors (Lipinski definition) is 0. The monoisotopic (exact) mass is 124 g/mol. The first-order valence-electron chi connectivity index (χ1n) is 3.86. The molecule has 0 aromatic heterocycles. The van der Waals surface area contributed by atoms with Gasteiger partial charge in [-0.15, -0.1) is 0 Å². The van der Waals surface area contributed by atoms with E-state index in [1.165, 1.54) is 12.8 Å². The van der Waals surface area contributed by atoms with E-state index in [-0.39, 0.29) is 0 Å². The molecule has 0 amide bonds. The molecule has 0 aliphatic heterocycles. The number of allylic oxidation sites excluding steroid dienone is 2. The minimum atomic E-state index is 0.874. The molecular formula is C9H16. The second kappa shape index (κ2) is 2.55. The highest BCUT2D eigenvalue weighted by molar-refractivity contribution is 5.07. The molecule has 0 radical (unpaired) electrons. The van der Waals surface area contributed by atoms with E-state index in [0.717, 1.165) is 11.8 Å². The van der Waals surface area contributed by atoms with Crippen molar-refractivity contribution in [2.24, 2.45) is 11.8 Å². The lowest BCUT2D eigenvalue weighted by molar-refractivity contribution is 0.405. The maximum atomic E-state index is 2.38. The minimum absolute atomic E-state index is 0.874. The van der Waals surface area contributed by atoms with E-state index >= 15 is 0 Å². The van der Waals surface area contributed by atoms with Crippen LogP contribution in [0.4, 0.5) is 0 Å². The fourth-order valence-corrected chi connectivity index (χ4v) is 1.44. The molecule has 0 fully saturated rings. The van der Waals surface area contributed by atoms with Crippen LogP contribution in [-0.2, 0) is 0 Å².